The number of piperidine rings is 2. The molecule has 4 nitrogen and oxygen atoms in total. The lowest BCUT2D eigenvalue weighted by atomic mass is 9.85. The molecule has 7 heteroatoms. The number of ether oxygens (including phenoxy) is 1. The number of halogens is 3. The first kappa shape index (κ1) is 20.9. The summed E-state index contributed by atoms with van der Waals surface area (Å²) in [5.41, 5.74) is 0.456. The second-order valence-corrected chi connectivity index (χ2v) is 8.94. The van der Waals surface area contributed by atoms with Gasteiger partial charge in [-0.1, -0.05) is 6.07 Å². The minimum absolute atomic E-state index is 0.0140. The van der Waals surface area contributed by atoms with E-state index in [4.69, 9.17) is 4.74 Å². The van der Waals surface area contributed by atoms with E-state index < -0.39 is 11.7 Å². The van der Waals surface area contributed by atoms with Crippen LogP contribution in [0, 0.1) is 0 Å². The largest absolute Gasteiger partial charge is 0.490 e. The molecule has 162 valence electrons. The molecule has 1 N–H and O–H groups in total. The monoisotopic (exact) mass is 411 g/mol. The number of hydrogen-bond donors (Lipinski definition) is 1. The molecule has 3 aliphatic heterocycles. The van der Waals surface area contributed by atoms with Crippen molar-refractivity contribution in [2.45, 2.75) is 62.9 Å². The molecule has 1 spiro atoms. The minimum Gasteiger partial charge on any atom is -0.490 e. The van der Waals surface area contributed by atoms with Gasteiger partial charge in [0.1, 0.15) is 11.9 Å². The lowest BCUT2D eigenvalue weighted by molar-refractivity contribution is -0.137. The van der Waals surface area contributed by atoms with E-state index in [2.05, 4.69) is 22.2 Å². The highest BCUT2D eigenvalue weighted by Crippen LogP contribution is 2.40. The van der Waals surface area contributed by atoms with Gasteiger partial charge in [-0.25, -0.2) is 0 Å². The van der Waals surface area contributed by atoms with E-state index in [1.54, 1.807) is 6.07 Å². The zero-order valence-corrected chi connectivity index (χ0v) is 17.2. The van der Waals surface area contributed by atoms with E-state index in [0.29, 0.717) is 12.3 Å². The molecule has 3 aliphatic rings. The van der Waals surface area contributed by atoms with Crippen molar-refractivity contribution in [1.82, 2.24) is 15.1 Å². The topological polar surface area (TPSA) is 27.7 Å². The Labute approximate surface area is 171 Å². The Bertz CT molecular complexity index is 695. The van der Waals surface area contributed by atoms with Gasteiger partial charge in [0.15, 0.2) is 0 Å². The molecule has 1 aromatic carbocycles. The normalized spacial score (nSPS) is 24.3. The minimum atomic E-state index is -4.35. The predicted octanol–water partition coefficient (Wildman–Crippen LogP) is 3.90. The molecule has 29 heavy (non-hydrogen) atoms. The van der Waals surface area contributed by atoms with Crippen molar-refractivity contribution < 1.29 is 17.9 Å². The molecule has 0 aliphatic carbocycles. The highest BCUT2D eigenvalue weighted by Gasteiger charge is 2.42. The van der Waals surface area contributed by atoms with Crippen LogP contribution in [0.2, 0.25) is 0 Å². The molecular formula is C22H32F3N3O. The van der Waals surface area contributed by atoms with E-state index in [9.17, 15) is 13.2 Å². The molecular weight excluding hydrogens is 379 g/mol. The molecule has 0 atom stereocenters. The number of hydrogen-bond acceptors (Lipinski definition) is 4. The molecule has 1 aromatic rings. The highest BCUT2D eigenvalue weighted by molar-refractivity contribution is 5.39. The molecule has 3 saturated heterocycles. The third-order valence-electron chi connectivity index (χ3n) is 6.99. The summed E-state index contributed by atoms with van der Waals surface area (Å²) < 4.78 is 46.2. The lowest BCUT2D eigenvalue weighted by Gasteiger charge is -2.42. The summed E-state index contributed by atoms with van der Waals surface area (Å²) in [6.45, 7) is 5.54. The fraction of sp³-hybridized carbons (Fsp3) is 0.727. The van der Waals surface area contributed by atoms with Crippen molar-refractivity contribution >= 4 is 0 Å². The second-order valence-electron chi connectivity index (χ2n) is 8.94. The molecule has 0 unspecified atom stereocenters. The van der Waals surface area contributed by atoms with Crippen LogP contribution in [-0.4, -0.2) is 61.2 Å². The molecule has 0 bridgehead atoms. The number of likely N-dealkylation sites (tertiary alicyclic amines) is 2. The number of benzene rings is 1. The van der Waals surface area contributed by atoms with E-state index in [1.807, 2.05) is 0 Å². The number of nitrogens with one attached hydrogen (secondary N) is 1. The van der Waals surface area contributed by atoms with Crippen LogP contribution in [0.5, 0.6) is 5.75 Å². The maximum absolute atomic E-state index is 13.3. The first-order chi connectivity index (χ1) is 13.9. The smallest absolute Gasteiger partial charge is 0.416 e. The Hall–Kier alpha value is -1.31. The molecule has 3 fully saturated rings. The maximum Gasteiger partial charge on any atom is 0.416 e. The van der Waals surface area contributed by atoms with Crippen LogP contribution in [-0.2, 0) is 12.7 Å². The van der Waals surface area contributed by atoms with E-state index in [-0.39, 0.29) is 11.6 Å². The lowest BCUT2D eigenvalue weighted by Crippen LogP contribution is -2.50. The van der Waals surface area contributed by atoms with Gasteiger partial charge in [0.05, 0.1) is 5.56 Å². The number of nitrogens with zero attached hydrogens (tertiary/aromatic N) is 2. The second kappa shape index (κ2) is 8.44. The number of alkyl halides is 3. The zero-order valence-electron chi connectivity index (χ0n) is 17.2. The van der Waals surface area contributed by atoms with Gasteiger partial charge >= 0.3 is 6.18 Å². The van der Waals surface area contributed by atoms with Crippen molar-refractivity contribution in [3.63, 3.8) is 0 Å². The van der Waals surface area contributed by atoms with Crippen molar-refractivity contribution in [3.05, 3.63) is 29.3 Å². The average Bonchev–Trinajstić information content (AvgIpc) is 3.06. The summed E-state index contributed by atoms with van der Waals surface area (Å²) in [6, 6.07) is 4.07. The predicted molar refractivity (Wildman–Crippen MR) is 107 cm³/mol. The summed E-state index contributed by atoms with van der Waals surface area (Å²) in [6.07, 6.45) is 1.90. The zero-order chi connectivity index (χ0) is 20.5. The van der Waals surface area contributed by atoms with Crippen molar-refractivity contribution in [3.8, 4) is 5.75 Å². The van der Waals surface area contributed by atoms with Crippen LogP contribution >= 0.6 is 0 Å². The summed E-state index contributed by atoms with van der Waals surface area (Å²) in [4.78, 5) is 4.73. The van der Waals surface area contributed by atoms with E-state index in [0.717, 1.165) is 70.4 Å². The first-order valence-corrected chi connectivity index (χ1v) is 10.9. The summed E-state index contributed by atoms with van der Waals surface area (Å²) >= 11 is 0. The van der Waals surface area contributed by atoms with Gasteiger partial charge in [0, 0.05) is 30.7 Å². The molecule has 4 rings (SSSR count). The first-order valence-electron chi connectivity index (χ1n) is 10.9. The molecule has 0 amide bonds. The van der Waals surface area contributed by atoms with Crippen molar-refractivity contribution in [2.24, 2.45) is 0 Å². The third-order valence-corrected chi connectivity index (χ3v) is 6.99. The van der Waals surface area contributed by atoms with Gasteiger partial charge < -0.3 is 15.0 Å². The maximum atomic E-state index is 13.3. The average molecular weight is 412 g/mol. The van der Waals surface area contributed by atoms with Crippen LogP contribution in [0.1, 0.15) is 49.7 Å². The summed E-state index contributed by atoms with van der Waals surface area (Å²) in [5.74, 6) is 0.422. The van der Waals surface area contributed by atoms with Gasteiger partial charge in [-0.15, -0.1) is 0 Å². The summed E-state index contributed by atoms with van der Waals surface area (Å²) in [7, 11) is 2.07. The molecule has 0 aromatic heterocycles. The third kappa shape index (κ3) is 4.72. The fourth-order valence-corrected chi connectivity index (χ4v) is 5.16. The molecule has 3 heterocycles. The SMILES string of the molecule is CN1CCC(Oc2cc(C(F)(F)F)ccc2CN2CCCC23CCNCC3)CC1. The van der Waals surface area contributed by atoms with Crippen LogP contribution < -0.4 is 10.1 Å². The fourth-order valence-electron chi connectivity index (χ4n) is 5.16. The quantitative estimate of drug-likeness (QED) is 0.814. The van der Waals surface area contributed by atoms with Gasteiger partial charge in [-0.3, -0.25) is 4.90 Å². The van der Waals surface area contributed by atoms with Gasteiger partial charge in [0.25, 0.3) is 0 Å². The Morgan fingerprint density at radius 1 is 1.10 bits per heavy atom. The highest BCUT2D eigenvalue weighted by atomic mass is 19.4. The van der Waals surface area contributed by atoms with Gasteiger partial charge in [0.2, 0.25) is 0 Å². The van der Waals surface area contributed by atoms with Gasteiger partial charge in [-0.2, -0.15) is 13.2 Å². The van der Waals surface area contributed by atoms with E-state index in [1.165, 1.54) is 18.6 Å². The van der Waals surface area contributed by atoms with Crippen LogP contribution in [0.25, 0.3) is 0 Å². The van der Waals surface area contributed by atoms with Crippen molar-refractivity contribution in [2.75, 3.05) is 39.8 Å². The Morgan fingerprint density at radius 2 is 1.83 bits per heavy atom. The Morgan fingerprint density at radius 3 is 2.52 bits per heavy atom. The Balaban J connectivity index is 1.56. The van der Waals surface area contributed by atoms with Gasteiger partial charge in [-0.05, 0) is 77.3 Å². The number of rotatable bonds is 4. The van der Waals surface area contributed by atoms with Crippen molar-refractivity contribution in [1.29, 1.82) is 0 Å². The molecule has 0 radical (unpaired) electrons. The van der Waals surface area contributed by atoms with Crippen LogP contribution in [0.3, 0.4) is 0 Å². The Kier molecular flexibility index (Phi) is 6.09. The summed E-state index contributed by atoms with van der Waals surface area (Å²) in [5, 5.41) is 3.43. The molecule has 0 saturated carbocycles. The van der Waals surface area contributed by atoms with Crippen LogP contribution in [0.15, 0.2) is 18.2 Å². The van der Waals surface area contributed by atoms with Crippen LogP contribution in [0.4, 0.5) is 13.2 Å². The van der Waals surface area contributed by atoms with E-state index >= 15 is 0 Å². The standard InChI is InChI=1S/C22H32F3N3O/c1-27-13-5-19(6-14-27)29-20-15-18(22(23,24)25)4-3-17(20)16-28-12-2-7-21(28)8-10-26-11-9-21/h3-4,15,19,26H,2,5-14,16H2,1H3.